The molecule has 3 heteroatoms. The van der Waals surface area contributed by atoms with E-state index in [1.807, 2.05) is 20.8 Å². The van der Waals surface area contributed by atoms with Crippen molar-refractivity contribution in [3.8, 4) is 0 Å². The van der Waals surface area contributed by atoms with E-state index < -0.39 is 5.60 Å². The van der Waals surface area contributed by atoms with Crippen molar-refractivity contribution < 1.29 is 9.53 Å². The van der Waals surface area contributed by atoms with E-state index in [0.717, 1.165) is 24.8 Å². The maximum atomic E-state index is 11.6. The molecule has 1 N–H and O–H groups in total. The Hall–Kier alpha value is -0.730. The van der Waals surface area contributed by atoms with E-state index in [9.17, 15) is 4.79 Å². The van der Waals surface area contributed by atoms with Gasteiger partial charge in [-0.2, -0.15) is 0 Å². The van der Waals surface area contributed by atoms with E-state index in [1.165, 1.54) is 70.6 Å². The van der Waals surface area contributed by atoms with Crippen molar-refractivity contribution in [1.82, 2.24) is 5.32 Å². The molecule has 26 heavy (non-hydrogen) atoms. The topological polar surface area (TPSA) is 38.3 Å². The van der Waals surface area contributed by atoms with Crippen LogP contribution in [0.15, 0.2) is 0 Å². The summed E-state index contributed by atoms with van der Waals surface area (Å²) in [6.45, 7) is 13.4. The zero-order chi connectivity index (χ0) is 19.8. The molecule has 2 atom stereocenters. The minimum Gasteiger partial charge on any atom is -0.444 e. The van der Waals surface area contributed by atoms with Gasteiger partial charge in [0.2, 0.25) is 0 Å². The predicted octanol–water partition coefficient (Wildman–Crippen LogP) is 7.48. The molecule has 2 unspecified atom stereocenters. The fraction of sp³-hybridized carbons (Fsp3) is 0.957. The molecule has 0 saturated heterocycles. The van der Waals surface area contributed by atoms with Crippen molar-refractivity contribution in [1.29, 1.82) is 0 Å². The Morgan fingerprint density at radius 2 is 1.38 bits per heavy atom. The number of hydrogen-bond acceptors (Lipinski definition) is 2. The first kappa shape index (κ1) is 25.3. The van der Waals surface area contributed by atoms with Gasteiger partial charge in [0, 0.05) is 6.54 Å². The molecular weight excluding hydrogens is 322 g/mol. The maximum absolute atomic E-state index is 11.6. The van der Waals surface area contributed by atoms with Crippen LogP contribution in [0.2, 0.25) is 0 Å². The quantitative estimate of drug-likeness (QED) is 0.304. The molecule has 0 saturated carbocycles. The lowest BCUT2D eigenvalue weighted by molar-refractivity contribution is 0.0527. The number of carbonyl (C=O) groups excluding carboxylic acids is 1. The minimum absolute atomic E-state index is 0.294. The van der Waals surface area contributed by atoms with Gasteiger partial charge in [-0.25, -0.2) is 4.79 Å². The number of amides is 1. The Bertz CT molecular complexity index is 336. The molecule has 0 bridgehead atoms. The van der Waals surface area contributed by atoms with Crippen molar-refractivity contribution in [3.63, 3.8) is 0 Å². The molecule has 0 fully saturated rings. The molecule has 0 aliphatic carbocycles. The summed E-state index contributed by atoms with van der Waals surface area (Å²) in [5.41, 5.74) is -0.410. The largest absolute Gasteiger partial charge is 0.444 e. The van der Waals surface area contributed by atoms with Gasteiger partial charge in [0.15, 0.2) is 0 Å². The third kappa shape index (κ3) is 16.7. The molecule has 1 amide bonds. The normalized spacial score (nSPS) is 14.1. The van der Waals surface area contributed by atoms with Crippen LogP contribution in [0.5, 0.6) is 0 Å². The molecule has 0 spiro atoms. The fourth-order valence-corrected chi connectivity index (χ4v) is 3.28. The summed E-state index contributed by atoms with van der Waals surface area (Å²) in [5.74, 6) is 1.80. The smallest absolute Gasteiger partial charge is 0.407 e. The molecule has 0 aromatic carbocycles. The van der Waals surface area contributed by atoms with Crippen LogP contribution in [-0.4, -0.2) is 18.2 Å². The highest BCUT2D eigenvalue weighted by atomic mass is 16.6. The van der Waals surface area contributed by atoms with Gasteiger partial charge in [-0.15, -0.1) is 0 Å². The van der Waals surface area contributed by atoms with E-state index in [4.69, 9.17) is 4.74 Å². The van der Waals surface area contributed by atoms with Crippen LogP contribution in [-0.2, 0) is 4.74 Å². The van der Waals surface area contributed by atoms with Crippen molar-refractivity contribution in [2.24, 2.45) is 11.8 Å². The second kappa shape index (κ2) is 15.3. The van der Waals surface area contributed by atoms with Crippen LogP contribution in [0, 0.1) is 11.8 Å². The highest BCUT2D eigenvalue weighted by Gasteiger charge is 2.15. The molecule has 0 aliphatic heterocycles. The summed E-state index contributed by atoms with van der Waals surface area (Å²) in [5, 5.41) is 2.85. The van der Waals surface area contributed by atoms with E-state index in [1.54, 1.807) is 0 Å². The van der Waals surface area contributed by atoms with Crippen molar-refractivity contribution >= 4 is 6.09 Å². The van der Waals surface area contributed by atoms with Gasteiger partial charge in [0.25, 0.3) is 0 Å². The summed E-state index contributed by atoms with van der Waals surface area (Å²) in [6.07, 6.45) is 15.6. The average Bonchev–Trinajstić information content (AvgIpc) is 2.56. The van der Waals surface area contributed by atoms with Gasteiger partial charge >= 0.3 is 6.09 Å². The Labute approximate surface area is 164 Å². The molecule has 0 radical (unpaired) electrons. The monoisotopic (exact) mass is 369 g/mol. The number of nitrogens with one attached hydrogen (secondary N) is 1. The zero-order valence-corrected chi connectivity index (χ0v) is 18.7. The molecule has 156 valence electrons. The highest BCUT2D eigenvalue weighted by molar-refractivity contribution is 5.67. The summed E-state index contributed by atoms with van der Waals surface area (Å²) >= 11 is 0. The Morgan fingerprint density at radius 1 is 0.846 bits per heavy atom. The summed E-state index contributed by atoms with van der Waals surface area (Å²) < 4.78 is 5.24. The van der Waals surface area contributed by atoms with Gasteiger partial charge < -0.3 is 10.1 Å². The molecule has 0 rings (SSSR count). The first-order chi connectivity index (χ1) is 12.3. The van der Waals surface area contributed by atoms with Crippen LogP contribution in [0.25, 0.3) is 0 Å². The van der Waals surface area contributed by atoms with Crippen LogP contribution >= 0.6 is 0 Å². The van der Waals surface area contributed by atoms with Crippen LogP contribution in [0.1, 0.15) is 119 Å². The summed E-state index contributed by atoms with van der Waals surface area (Å²) in [7, 11) is 0. The number of unbranched alkanes of at least 4 members (excludes halogenated alkanes) is 5. The van der Waals surface area contributed by atoms with Crippen molar-refractivity contribution in [2.45, 2.75) is 124 Å². The number of alkyl carbamates (subject to hydrolysis) is 1. The molecule has 0 aromatic heterocycles. The third-order valence-corrected chi connectivity index (χ3v) is 5.29. The second-order valence-corrected chi connectivity index (χ2v) is 9.06. The zero-order valence-electron chi connectivity index (χ0n) is 18.7. The maximum Gasteiger partial charge on any atom is 0.407 e. The predicted molar refractivity (Wildman–Crippen MR) is 114 cm³/mol. The number of hydrogen-bond donors (Lipinski definition) is 1. The molecule has 3 nitrogen and oxygen atoms in total. The second-order valence-electron chi connectivity index (χ2n) is 9.06. The standard InChI is InChI=1S/C23H47NO2/c1-7-20(3)16-12-9-10-13-17-21(8-2)18-14-11-15-19-24-22(25)26-23(4,5)6/h20-21H,7-19H2,1-6H3,(H,24,25). The minimum atomic E-state index is -0.410. The van der Waals surface area contributed by atoms with Crippen LogP contribution in [0.3, 0.4) is 0 Å². The van der Waals surface area contributed by atoms with Gasteiger partial charge in [-0.3, -0.25) is 0 Å². The highest BCUT2D eigenvalue weighted by Crippen LogP contribution is 2.21. The van der Waals surface area contributed by atoms with E-state index in [2.05, 4.69) is 26.1 Å². The Morgan fingerprint density at radius 3 is 1.88 bits per heavy atom. The molecular formula is C23H47NO2. The van der Waals surface area contributed by atoms with E-state index >= 15 is 0 Å². The number of carbonyl (C=O) groups is 1. The lowest BCUT2D eigenvalue weighted by atomic mass is 9.92. The molecule has 0 heterocycles. The first-order valence-electron chi connectivity index (χ1n) is 11.2. The van der Waals surface area contributed by atoms with Gasteiger partial charge in [-0.1, -0.05) is 91.4 Å². The Kier molecular flexibility index (Phi) is 14.9. The van der Waals surface area contributed by atoms with E-state index in [-0.39, 0.29) is 6.09 Å². The lowest BCUT2D eigenvalue weighted by Gasteiger charge is -2.19. The lowest BCUT2D eigenvalue weighted by Crippen LogP contribution is -2.32. The van der Waals surface area contributed by atoms with Gasteiger partial charge in [0.05, 0.1) is 0 Å². The first-order valence-corrected chi connectivity index (χ1v) is 11.2. The van der Waals surface area contributed by atoms with Gasteiger partial charge in [-0.05, 0) is 39.0 Å². The fourth-order valence-electron chi connectivity index (χ4n) is 3.28. The molecule has 0 aliphatic rings. The summed E-state index contributed by atoms with van der Waals surface area (Å²) in [6, 6.07) is 0. The van der Waals surface area contributed by atoms with E-state index in [0.29, 0.717) is 0 Å². The number of rotatable bonds is 15. The third-order valence-electron chi connectivity index (χ3n) is 5.29. The molecule has 0 aromatic rings. The average molecular weight is 370 g/mol. The van der Waals surface area contributed by atoms with Gasteiger partial charge in [0.1, 0.15) is 5.60 Å². The Balaban J connectivity index is 3.54. The number of ether oxygens (including phenoxy) is 1. The van der Waals surface area contributed by atoms with Crippen LogP contribution < -0.4 is 5.32 Å². The van der Waals surface area contributed by atoms with Crippen molar-refractivity contribution in [3.05, 3.63) is 0 Å². The van der Waals surface area contributed by atoms with Crippen molar-refractivity contribution in [2.75, 3.05) is 6.54 Å². The summed E-state index contributed by atoms with van der Waals surface area (Å²) in [4.78, 5) is 11.6. The SMILES string of the molecule is CCC(C)CCCCCCC(CC)CCCCCNC(=O)OC(C)(C)C. The van der Waals surface area contributed by atoms with Crippen LogP contribution in [0.4, 0.5) is 4.79 Å².